The van der Waals surface area contributed by atoms with Crippen LogP contribution in [-0.4, -0.2) is 36.4 Å². The van der Waals surface area contributed by atoms with Gasteiger partial charge in [0.05, 0.1) is 6.61 Å². The lowest BCUT2D eigenvalue weighted by atomic mass is 9.83. The van der Waals surface area contributed by atoms with E-state index >= 15 is 0 Å². The van der Waals surface area contributed by atoms with Crippen LogP contribution in [0.5, 0.6) is 0 Å². The van der Waals surface area contributed by atoms with E-state index in [1.807, 2.05) is 0 Å². The maximum absolute atomic E-state index is 12.2. The fourth-order valence-electron chi connectivity index (χ4n) is 3.47. The van der Waals surface area contributed by atoms with E-state index in [0.29, 0.717) is 36.5 Å². The van der Waals surface area contributed by atoms with Crippen molar-refractivity contribution in [3.8, 4) is 0 Å². The summed E-state index contributed by atoms with van der Waals surface area (Å²) in [5.41, 5.74) is 0. The molecule has 154 valence electrons. The van der Waals surface area contributed by atoms with Crippen molar-refractivity contribution < 1.29 is 24.2 Å². The van der Waals surface area contributed by atoms with E-state index in [9.17, 15) is 14.7 Å². The Morgan fingerprint density at radius 2 is 1.12 bits per heavy atom. The van der Waals surface area contributed by atoms with Gasteiger partial charge in [0.15, 0.2) is 6.10 Å². The Kier molecular flexibility index (Phi) is 11.8. The molecule has 0 radical (unpaired) electrons. The standard InChI is InChI=1S/C21H40O5/c1-13(2)18(14(3)4)9-20(23)25-12-17(11-22)26-21(24)10-19(15(5)6)16(7)8/h13-19,22H,9-12H2,1-8H3/t17-/m0/s1. The van der Waals surface area contributed by atoms with Crippen LogP contribution in [-0.2, 0) is 19.1 Å². The molecule has 0 saturated heterocycles. The van der Waals surface area contributed by atoms with Crippen molar-refractivity contribution in [1.29, 1.82) is 0 Å². The number of rotatable bonds is 12. The fraction of sp³-hybridized carbons (Fsp3) is 0.905. The number of hydrogen-bond acceptors (Lipinski definition) is 5. The fourth-order valence-corrected chi connectivity index (χ4v) is 3.47. The highest BCUT2D eigenvalue weighted by atomic mass is 16.6. The predicted molar refractivity (Wildman–Crippen MR) is 103 cm³/mol. The summed E-state index contributed by atoms with van der Waals surface area (Å²) < 4.78 is 10.6. The lowest BCUT2D eigenvalue weighted by molar-refractivity contribution is -0.163. The summed E-state index contributed by atoms with van der Waals surface area (Å²) in [6.07, 6.45) is -0.157. The minimum Gasteiger partial charge on any atom is -0.462 e. The number of aliphatic hydroxyl groups is 1. The van der Waals surface area contributed by atoms with Crippen molar-refractivity contribution in [2.75, 3.05) is 13.2 Å². The van der Waals surface area contributed by atoms with Gasteiger partial charge in [-0.15, -0.1) is 0 Å². The molecule has 1 N–H and O–H groups in total. The molecule has 0 aromatic carbocycles. The van der Waals surface area contributed by atoms with E-state index in [-0.39, 0.29) is 37.0 Å². The zero-order chi connectivity index (χ0) is 20.4. The first-order valence-corrected chi connectivity index (χ1v) is 9.95. The molecule has 0 aromatic rings. The smallest absolute Gasteiger partial charge is 0.306 e. The second kappa shape index (κ2) is 12.3. The Bertz CT molecular complexity index is 399. The highest BCUT2D eigenvalue weighted by Crippen LogP contribution is 2.25. The van der Waals surface area contributed by atoms with Gasteiger partial charge in [-0.2, -0.15) is 0 Å². The van der Waals surface area contributed by atoms with Gasteiger partial charge in [0.2, 0.25) is 0 Å². The van der Waals surface area contributed by atoms with Crippen molar-refractivity contribution >= 4 is 11.9 Å². The third kappa shape index (κ3) is 9.56. The van der Waals surface area contributed by atoms with Gasteiger partial charge in [-0.3, -0.25) is 9.59 Å². The molecule has 26 heavy (non-hydrogen) atoms. The van der Waals surface area contributed by atoms with E-state index < -0.39 is 6.10 Å². The summed E-state index contributed by atoms with van der Waals surface area (Å²) in [5.74, 6) is 1.33. The Morgan fingerprint density at radius 3 is 1.46 bits per heavy atom. The molecule has 0 bridgehead atoms. The minimum atomic E-state index is -0.803. The molecule has 0 rings (SSSR count). The first-order chi connectivity index (χ1) is 12.0. The van der Waals surface area contributed by atoms with E-state index in [2.05, 4.69) is 55.4 Å². The average molecular weight is 373 g/mol. The van der Waals surface area contributed by atoms with Crippen LogP contribution < -0.4 is 0 Å². The summed E-state index contributed by atoms with van der Waals surface area (Å²) in [5, 5.41) is 9.43. The van der Waals surface area contributed by atoms with Gasteiger partial charge in [0.25, 0.3) is 0 Å². The third-order valence-electron chi connectivity index (χ3n) is 5.16. The van der Waals surface area contributed by atoms with Crippen LogP contribution in [0.2, 0.25) is 0 Å². The number of hydrogen-bond donors (Lipinski definition) is 1. The molecule has 0 heterocycles. The maximum atomic E-state index is 12.2. The Balaban J connectivity index is 4.50. The van der Waals surface area contributed by atoms with Crippen molar-refractivity contribution in [2.24, 2.45) is 35.5 Å². The van der Waals surface area contributed by atoms with Crippen molar-refractivity contribution in [1.82, 2.24) is 0 Å². The Hall–Kier alpha value is -1.10. The van der Waals surface area contributed by atoms with Crippen LogP contribution in [0.4, 0.5) is 0 Å². The number of carbonyl (C=O) groups excluding carboxylic acids is 2. The molecule has 0 aliphatic rings. The summed E-state index contributed by atoms with van der Waals surface area (Å²) in [6, 6.07) is 0. The van der Waals surface area contributed by atoms with Gasteiger partial charge in [0, 0.05) is 12.8 Å². The van der Waals surface area contributed by atoms with Gasteiger partial charge < -0.3 is 14.6 Å². The van der Waals surface area contributed by atoms with Crippen LogP contribution in [0.3, 0.4) is 0 Å². The molecule has 0 fully saturated rings. The highest BCUT2D eigenvalue weighted by molar-refractivity contribution is 5.70. The van der Waals surface area contributed by atoms with E-state index in [1.54, 1.807) is 0 Å². The van der Waals surface area contributed by atoms with Gasteiger partial charge in [0.1, 0.15) is 6.61 Å². The predicted octanol–water partition coefficient (Wildman–Crippen LogP) is 4.07. The number of aliphatic hydroxyl groups excluding tert-OH is 1. The second-order valence-electron chi connectivity index (χ2n) is 8.69. The van der Waals surface area contributed by atoms with Crippen LogP contribution in [0, 0.1) is 35.5 Å². The zero-order valence-electron chi connectivity index (χ0n) is 18.0. The topological polar surface area (TPSA) is 72.8 Å². The van der Waals surface area contributed by atoms with Crippen LogP contribution >= 0.6 is 0 Å². The van der Waals surface area contributed by atoms with Gasteiger partial charge >= 0.3 is 11.9 Å². The molecule has 0 unspecified atom stereocenters. The quantitative estimate of drug-likeness (QED) is 0.523. The van der Waals surface area contributed by atoms with E-state index in [4.69, 9.17) is 9.47 Å². The maximum Gasteiger partial charge on any atom is 0.306 e. The van der Waals surface area contributed by atoms with E-state index in [1.165, 1.54) is 0 Å². The van der Waals surface area contributed by atoms with Crippen molar-refractivity contribution in [3.63, 3.8) is 0 Å². The lowest BCUT2D eigenvalue weighted by Crippen LogP contribution is -2.31. The Labute approximate surface area is 159 Å². The molecule has 5 nitrogen and oxygen atoms in total. The summed E-state index contributed by atoms with van der Waals surface area (Å²) in [6.45, 7) is 16.3. The summed E-state index contributed by atoms with van der Waals surface area (Å²) >= 11 is 0. The van der Waals surface area contributed by atoms with Crippen LogP contribution in [0.15, 0.2) is 0 Å². The van der Waals surface area contributed by atoms with Crippen molar-refractivity contribution in [3.05, 3.63) is 0 Å². The van der Waals surface area contributed by atoms with Crippen LogP contribution in [0.25, 0.3) is 0 Å². The Morgan fingerprint density at radius 1 is 0.731 bits per heavy atom. The molecule has 0 saturated carbocycles. The first kappa shape index (κ1) is 24.9. The first-order valence-electron chi connectivity index (χ1n) is 9.95. The SMILES string of the molecule is CC(C)C(CC(=O)OC[C@H](CO)OC(=O)CC(C(C)C)C(C)C)C(C)C. The molecule has 1 atom stereocenters. The molecular formula is C21H40O5. The molecule has 0 spiro atoms. The number of carbonyl (C=O) groups is 2. The second-order valence-corrected chi connectivity index (χ2v) is 8.69. The molecule has 0 aliphatic heterocycles. The summed E-state index contributed by atoms with van der Waals surface area (Å²) in [7, 11) is 0. The largest absolute Gasteiger partial charge is 0.462 e. The number of esters is 2. The molecular weight excluding hydrogens is 332 g/mol. The number of ether oxygens (including phenoxy) is 2. The molecule has 0 aliphatic carbocycles. The summed E-state index contributed by atoms with van der Waals surface area (Å²) in [4.78, 5) is 24.2. The normalized spacial score (nSPS) is 13.3. The van der Waals surface area contributed by atoms with Crippen LogP contribution in [0.1, 0.15) is 68.2 Å². The van der Waals surface area contributed by atoms with Crippen molar-refractivity contribution in [2.45, 2.75) is 74.3 Å². The third-order valence-corrected chi connectivity index (χ3v) is 5.16. The highest BCUT2D eigenvalue weighted by Gasteiger charge is 2.25. The van der Waals surface area contributed by atoms with E-state index in [0.717, 1.165) is 0 Å². The monoisotopic (exact) mass is 372 g/mol. The molecule has 0 aromatic heterocycles. The zero-order valence-corrected chi connectivity index (χ0v) is 18.0. The van der Waals surface area contributed by atoms with Gasteiger partial charge in [-0.1, -0.05) is 55.4 Å². The average Bonchev–Trinajstić information content (AvgIpc) is 2.52. The molecule has 5 heteroatoms. The van der Waals surface area contributed by atoms with Gasteiger partial charge in [-0.05, 0) is 35.5 Å². The van der Waals surface area contributed by atoms with Gasteiger partial charge in [-0.25, -0.2) is 0 Å². The lowest BCUT2D eigenvalue weighted by Gasteiger charge is -2.25. The minimum absolute atomic E-state index is 0.0992. The molecule has 0 amide bonds.